The number of carbonyl (C=O) groups is 1. The Balaban J connectivity index is 2.47. The summed E-state index contributed by atoms with van der Waals surface area (Å²) in [7, 11) is 0. The third kappa shape index (κ3) is 3.45. The Morgan fingerprint density at radius 1 is 1.27 bits per heavy atom. The number of hydrogen-bond acceptors (Lipinski definition) is 3. The fourth-order valence-corrected chi connectivity index (χ4v) is 3.05. The van der Waals surface area contributed by atoms with Gasteiger partial charge in [-0.05, 0) is 30.9 Å². The van der Waals surface area contributed by atoms with Gasteiger partial charge in [0.2, 0.25) is 5.91 Å². The van der Waals surface area contributed by atoms with E-state index in [1.807, 2.05) is 13.0 Å². The summed E-state index contributed by atoms with van der Waals surface area (Å²) < 4.78 is 11.2. The highest BCUT2D eigenvalue weighted by Gasteiger charge is 2.33. The van der Waals surface area contributed by atoms with Crippen molar-refractivity contribution in [2.24, 2.45) is 0 Å². The molecule has 0 spiro atoms. The van der Waals surface area contributed by atoms with Crippen LogP contribution in [0.1, 0.15) is 31.9 Å². The standard InChI is InChI=1S/C17H24ClNO3/c1-4-13-7-6-8-14(5-2)16(13)19(15(20)11-18)12(3)17-21-9-10-22-17/h6-8,12,17H,4-5,9-11H2,1-3H3. The van der Waals surface area contributed by atoms with Gasteiger partial charge in [-0.3, -0.25) is 4.79 Å². The van der Waals surface area contributed by atoms with Crippen molar-refractivity contribution >= 4 is 23.2 Å². The highest BCUT2D eigenvalue weighted by molar-refractivity contribution is 6.29. The second-order valence-corrected chi connectivity index (χ2v) is 5.65. The maximum atomic E-state index is 12.5. The van der Waals surface area contributed by atoms with Gasteiger partial charge >= 0.3 is 0 Å². The van der Waals surface area contributed by atoms with Gasteiger partial charge in [-0.25, -0.2) is 0 Å². The summed E-state index contributed by atoms with van der Waals surface area (Å²) in [6.45, 7) is 7.26. The second kappa shape index (κ2) is 7.95. The molecule has 0 aliphatic carbocycles. The van der Waals surface area contributed by atoms with Crippen molar-refractivity contribution < 1.29 is 14.3 Å². The molecule has 0 aromatic heterocycles. The molecule has 122 valence electrons. The van der Waals surface area contributed by atoms with Crippen molar-refractivity contribution in [2.45, 2.75) is 45.9 Å². The lowest BCUT2D eigenvalue weighted by atomic mass is 10.0. The van der Waals surface area contributed by atoms with Crippen LogP contribution in [0.25, 0.3) is 0 Å². The molecule has 22 heavy (non-hydrogen) atoms. The Morgan fingerprint density at radius 2 is 1.82 bits per heavy atom. The summed E-state index contributed by atoms with van der Waals surface area (Å²) in [5.74, 6) is -0.179. The van der Waals surface area contributed by atoms with E-state index in [4.69, 9.17) is 21.1 Å². The van der Waals surface area contributed by atoms with Crippen LogP contribution in [-0.2, 0) is 27.1 Å². The first kappa shape index (κ1) is 17.3. The molecular formula is C17H24ClNO3. The smallest absolute Gasteiger partial charge is 0.242 e. The number of alkyl halides is 1. The first-order valence-electron chi connectivity index (χ1n) is 7.86. The second-order valence-electron chi connectivity index (χ2n) is 5.38. The molecule has 1 fully saturated rings. The van der Waals surface area contributed by atoms with Gasteiger partial charge in [-0.1, -0.05) is 32.0 Å². The van der Waals surface area contributed by atoms with Crippen LogP contribution in [-0.4, -0.2) is 37.3 Å². The fourth-order valence-electron chi connectivity index (χ4n) is 2.92. The van der Waals surface area contributed by atoms with Crippen LogP contribution in [0.15, 0.2) is 18.2 Å². The minimum absolute atomic E-state index is 0.0573. The normalized spacial score (nSPS) is 16.7. The lowest BCUT2D eigenvalue weighted by Gasteiger charge is -2.34. The molecule has 0 radical (unpaired) electrons. The number of para-hydroxylation sites is 1. The summed E-state index contributed by atoms with van der Waals surface area (Å²) in [6, 6.07) is 5.95. The number of carbonyl (C=O) groups excluding carboxylic acids is 1. The van der Waals surface area contributed by atoms with Crippen LogP contribution >= 0.6 is 11.6 Å². The highest BCUT2D eigenvalue weighted by Crippen LogP contribution is 2.31. The molecule has 1 amide bonds. The topological polar surface area (TPSA) is 38.8 Å². The number of rotatable bonds is 6. The van der Waals surface area contributed by atoms with Crippen molar-refractivity contribution in [3.63, 3.8) is 0 Å². The molecule has 1 aliphatic heterocycles. The quantitative estimate of drug-likeness (QED) is 0.754. The van der Waals surface area contributed by atoms with E-state index in [1.165, 1.54) is 0 Å². The van der Waals surface area contributed by atoms with E-state index in [-0.39, 0.29) is 17.8 Å². The van der Waals surface area contributed by atoms with Crippen LogP contribution < -0.4 is 4.90 Å². The molecule has 2 rings (SSSR count). The SMILES string of the molecule is CCc1cccc(CC)c1N(C(=O)CCl)C(C)C1OCCO1. The largest absolute Gasteiger partial charge is 0.348 e. The zero-order valence-corrected chi connectivity index (χ0v) is 14.2. The van der Waals surface area contributed by atoms with E-state index < -0.39 is 6.29 Å². The third-order valence-electron chi connectivity index (χ3n) is 4.04. The average Bonchev–Trinajstić information content (AvgIpc) is 3.09. The molecule has 0 N–H and O–H groups in total. The molecule has 1 aromatic rings. The number of nitrogens with zero attached hydrogens (tertiary/aromatic N) is 1. The number of ether oxygens (including phenoxy) is 2. The van der Waals surface area contributed by atoms with Crippen molar-refractivity contribution in [1.29, 1.82) is 0 Å². The Morgan fingerprint density at radius 3 is 2.27 bits per heavy atom. The molecule has 1 unspecified atom stereocenters. The molecule has 1 aromatic carbocycles. The van der Waals surface area contributed by atoms with Crippen LogP contribution in [0.3, 0.4) is 0 Å². The monoisotopic (exact) mass is 325 g/mol. The summed E-state index contributed by atoms with van der Waals surface area (Å²) in [4.78, 5) is 14.3. The Bertz CT molecular complexity index is 492. The number of benzene rings is 1. The van der Waals surface area contributed by atoms with Crippen molar-refractivity contribution in [1.82, 2.24) is 0 Å². The number of amides is 1. The van der Waals surface area contributed by atoms with E-state index in [0.29, 0.717) is 13.2 Å². The van der Waals surface area contributed by atoms with Crippen LogP contribution in [0.4, 0.5) is 5.69 Å². The Labute approximate surface area is 137 Å². The zero-order valence-electron chi connectivity index (χ0n) is 13.5. The van der Waals surface area contributed by atoms with Gasteiger partial charge < -0.3 is 14.4 Å². The van der Waals surface area contributed by atoms with Crippen LogP contribution in [0.2, 0.25) is 0 Å². The molecule has 1 heterocycles. The molecule has 0 saturated carbocycles. The lowest BCUT2D eigenvalue weighted by molar-refractivity contribution is -0.119. The van der Waals surface area contributed by atoms with E-state index in [9.17, 15) is 4.79 Å². The lowest BCUT2D eigenvalue weighted by Crippen LogP contribution is -2.47. The zero-order chi connectivity index (χ0) is 16.1. The minimum atomic E-state index is -0.401. The fraction of sp³-hybridized carbons (Fsp3) is 0.588. The molecule has 5 heteroatoms. The van der Waals surface area contributed by atoms with Crippen molar-refractivity contribution in [3.05, 3.63) is 29.3 Å². The van der Waals surface area contributed by atoms with Gasteiger partial charge in [0.15, 0.2) is 6.29 Å². The van der Waals surface area contributed by atoms with Crippen molar-refractivity contribution in [2.75, 3.05) is 24.0 Å². The van der Waals surface area contributed by atoms with Crippen LogP contribution in [0.5, 0.6) is 0 Å². The van der Waals surface area contributed by atoms with Crippen LogP contribution in [0, 0.1) is 0 Å². The van der Waals surface area contributed by atoms with Gasteiger partial charge in [0.05, 0.1) is 24.9 Å². The Kier molecular flexibility index (Phi) is 6.24. The maximum absolute atomic E-state index is 12.5. The summed E-state index contributed by atoms with van der Waals surface area (Å²) in [5, 5.41) is 0. The number of hydrogen-bond donors (Lipinski definition) is 0. The summed E-state index contributed by atoms with van der Waals surface area (Å²) >= 11 is 5.87. The predicted octanol–water partition coefficient (Wildman–Crippen LogP) is 3.14. The van der Waals surface area contributed by atoms with E-state index in [1.54, 1.807) is 4.90 Å². The molecule has 1 atom stereocenters. The molecular weight excluding hydrogens is 302 g/mol. The third-order valence-corrected chi connectivity index (χ3v) is 4.27. The molecule has 0 bridgehead atoms. The van der Waals surface area contributed by atoms with E-state index in [0.717, 1.165) is 29.7 Å². The van der Waals surface area contributed by atoms with Gasteiger partial charge in [0.25, 0.3) is 0 Å². The first-order valence-corrected chi connectivity index (χ1v) is 8.39. The summed E-state index contributed by atoms with van der Waals surface area (Å²) in [5.41, 5.74) is 3.25. The van der Waals surface area contributed by atoms with Gasteiger partial charge in [0, 0.05) is 0 Å². The number of anilines is 1. The maximum Gasteiger partial charge on any atom is 0.242 e. The minimum Gasteiger partial charge on any atom is -0.348 e. The number of halogens is 1. The first-order chi connectivity index (χ1) is 10.6. The predicted molar refractivity (Wildman–Crippen MR) is 88.6 cm³/mol. The van der Waals surface area contributed by atoms with E-state index in [2.05, 4.69) is 26.0 Å². The average molecular weight is 326 g/mol. The van der Waals surface area contributed by atoms with Gasteiger partial charge in [0.1, 0.15) is 5.88 Å². The van der Waals surface area contributed by atoms with E-state index >= 15 is 0 Å². The molecule has 4 nitrogen and oxygen atoms in total. The molecule has 1 saturated heterocycles. The highest BCUT2D eigenvalue weighted by atomic mass is 35.5. The van der Waals surface area contributed by atoms with Gasteiger partial charge in [-0.2, -0.15) is 0 Å². The molecule has 1 aliphatic rings. The van der Waals surface area contributed by atoms with Crippen molar-refractivity contribution in [3.8, 4) is 0 Å². The summed E-state index contributed by atoms with van der Waals surface area (Å²) in [6.07, 6.45) is 1.31. The Hall–Kier alpha value is -1.10. The number of aryl methyl sites for hydroxylation is 2. The van der Waals surface area contributed by atoms with Gasteiger partial charge in [-0.15, -0.1) is 11.6 Å².